The van der Waals surface area contributed by atoms with Crippen molar-refractivity contribution in [2.45, 2.75) is 26.4 Å². The lowest BCUT2D eigenvalue weighted by molar-refractivity contribution is -0.120. The summed E-state index contributed by atoms with van der Waals surface area (Å²) in [4.78, 5) is 16.9. The number of aromatic nitrogens is 1. The SMILES string of the molecule is Cc1cc(NC(=O)C(C)N(C)Cc2ccccc2N2CCOCC2)no1. The van der Waals surface area contributed by atoms with Gasteiger partial charge in [0.2, 0.25) is 5.91 Å². The van der Waals surface area contributed by atoms with E-state index < -0.39 is 0 Å². The van der Waals surface area contributed by atoms with Crippen LogP contribution in [0.25, 0.3) is 0 Å². The van der Waals surface area contributed by atoms with E-state index >= 15 is 0 Å². The molecule has 1 fully saturated rings. The summed E-state index contributed by atoms with van der Waals surface area (Å²) in [5, 5.41) is 6.61. The molecule has 2 heterocycles. The predicted molar refractivity (Wildman–Crippen MR) is 100 cm³/mol. The van der Waals surface area contributed by atoms with Gasteiger partial charge >= 0.3 is 0 Å². The lowest BCUT2D eigenvalue weighted by Crippen LogP contribution is -2.40. The van der Waals surface area contributed by atoms with Gasteiger partial charge in [-0.3, -0.25) is 9.69 Å². The van der Waals surface area contributed by atoms with Gasteiger partial charge in [0, 0.05) is 31.4 Å². The largest absolute Gasteiger partial charge is 0.378 e. The van der Waals surface area contributed by atoms with Crippen LogP contribution in [-0.4, -0.2) is 55.4 Å². The Morgan fingerprint density at radius 1 is 1.35 bits per heavy atom. The van der Waals surface area contributed by atoms with Crippen molar-refractivity contribution < 1.29 is 14.1 Å². The van der Waals surface area contributed by atoms with Gasteiger partial charge in [0.1, 0.15) is 5.76 Å². The highest BCUT2D eigenvalue weighted by Gasteiger charge is 2.21. The first-order chi connectivity index (χ1) is 12.5. The van der Waals surface area contributed by atoms with E-state index in [1.165, 1.54) is 11.3 Å². The van der Waals surface area contributed by atoms with Crippen molar-refractivity contribution in [2.75, 3.05) is 43.6 Å². The van der Waals surface area contributed by atoms with E-state index in [1.54, 1.807) is 13.0 Å². The number of para-hydroxylation sites is 1. The smallest absolute Gasteiger partial charge is 0.242 e. The van der Waals surface area contributed by atoms with Gasteiger partial charge in [0.25, 0.3) is 0 Å². The standard InChI is InChI=1S/C19H26N4O3/c1-14-12-18(21-26-14)20-19(24)15(2)22(3)13-16-6-4-5-7-17(16)23-8-10-25-11-9-23/h4-7,12,15H,8-11,13H2,1-3H3,(H,20,21,24). The first-order valence-electron chi connectivity index (χ1n) is 8.89. The number of nitrogens with one attached hydrogen (secondary N) is 1. The topological polar surface area (TPSA) is 70.8 Å². The number of morpholine rings is 1. The normalized spacial score (nSPS) is 15.9. The zero-order valence-corrected chi connectivity index (χ0v) is 15.6. The van der Waals surface area contributed by atoms with Crippen LogP contribution in [0.15, 0.2) is 34.9 Å². The van der Waals surface area contributed by atoms with Crippen LogP contribution in [0, 0.1) is 6.92 Å². The summed E-state index contributed by atoms with van der Waals surface area (Å²) >= 11 is 0. The number of nitrogens with zero attached hydrogens (tertiary/aromatic N) is 3. The predicted octanol–water partition coefficient (Wildman–Crippen LogP) is 2.28. The maximum absolute atomic E-state index is 12.5. The molecule has 0 radical (unpaired) electrons. The molecule has 1 amide bonds. The molecule has 3 rings (SSSR count). The number of ether oxygens (including phenoxy) is 1. The van der Waals surface area contributed by atoms with Gasteiger partial charge in [-0.2, -0.15) is 0 Å². The second-order valence-corrected chi connectivity index (χ2v) is 6.63. The average molecular weight is 358 g/mol. The first kappa shape index (κ1) is 18.4. The van der Waals surface area contributed by atoms with Gasteiger partial charge in [-0.15, -0.1) is 0 Å². The minimum atomic E-state index is -0.301. The Hall–Kier alpha value is -2.38. The van der Waals surface area contributed by atoms with E-state index in [2.05, 4.69) is 33.6 Å². The molecule has 1 aliphatic heterocycles. The zero-order valence-electron chi connectivity index (χ0n) is 15.6. The summed E-state index contributed by atoms with van der Waals surface area (Å²) < 4.78 is 10.4. The van der Waals surface area contributed by atoms with Crippen LogP contribution in [0.2, 0.25) is 0 Å². The molecule has 0 saturated carbocycles. The fraction of sp³-hybridized carbons (Fsp3) is 0.474. The van der Waals surface area contributed by atoms with Crippen LogP contribution in [0.5, 0.6) is 0 Å². The quantitative estimate of drug-likeness (QED) is 0.854. The molecule has 1 atom stereocenters. The Balaban J connectivity index is 1.65. The highest BCUT2D eigenvalue weighted by molar-refractivity contribution is 5.93. The van der Waals surface area contributed by atoms with Crippen LogP contribution in [0.4, 0.5) is 11.5 Å². The number of anilines is 2. The van der Waals surface area contributed by atoms with Crippen LogP contribution >= 0.6 is 0 Å². The fourth-order valence-corrected chi connectivity index (χ4v) is 3.02. The third-order valence-electron chi connectivity index (χ3n) is 4.68. The molecule has 7 nitrogen and oxygen atoms in total. The number of hydrogen-bond acceptors (Lipinski definition) is 6. The number of likely N-dealkylation sites (N-methyl/N-ethyl adjacent to an activating group) is 1. The molecular formula is C19H26N4O3. The molecular weight excluding hydrogens is 332 g/mol. The van der Waals surface area contributed by atoms with Gasteiger partial charge < -0.3 is 19.5 Å². The molecule has 140 valence electrons. The summed E-state index contributed by atoms with van der Waals surface area (Å²) in [5.74, 6) is 1.01. The van der Waals surface area contributed by atoms with E-state index in [9.17, 15) is 4.79 Å². The van der Waals surface area contributed by atoms with Gasteiger partial charge in [0.05, 0.1) is 19.3 Å². The van der Waals surface area contributed by atoms with E-state index in [4.69, 9.17) is 9.26 Å². The van der Waals surface area contributed by atoms with Crippen LogP contribution in [0.1, 0.15) is 18.2 Å². The number of aryl methyl sites for hydroxylation is 1. The Morgan fingerprint density at radius 2 is 2.08 bits per heavy atom. The van der Waals surface area contributed by atoms with Crippen molar-refractivity contribution in [1.29, 1.82) is 0 Å². The summed E-state index contributed by atoms with van der Waals surface area (Å²) in [6, 6.07) is 9.75. The molecule has 1 aromatic carbocycles. The summed E-state index contributed by atoms with van der Waals surface area (Å²) in [5.41, 5.74) is 2.41. The number of benzene rings is 1. The number of carbonyl (C=O) groups is 1. The molecule has 1 saturated heterocycles. The first-order valence-corrected chi connectivity index (χ1v) is 8.89. The van der Waals surface area contributed by atoms with Crippen molar-refractivity contribution in [1.82, 2.24) is 10.1 Å². The van der Waals surface area contributed by atoms with E-state index in [1.807, 2.05) is 24.9 Å². The zero-order chi connectivity index (χ0) is 18.5. The monoisotopic (exact) mass is 358 g/mol. The molecule has 0 spiro atoms. The number of carbonyl (C=O) groups excluding carboxylic acids is 1. The molecule has 1 aromatic heterocycles. The van der Waals surface area contributed by atoms with Gasteiger partial charge in [0.15, 0.2) is 5.82 Å². The minimum Gasteiger partial charge on any atom is -0.378 e. The number of rotatable bonds is 6. The molecule has 2 aromatic rings. The maximum Gasteiger partial charge on any atom is 0.242 e. The third kappa shape index (κ3) is 4.42. The number of hydrogen-bond donors (Lipinski definition) is 1. The molecule has 1 aliphatic rings. The fourth-order valence-electron chi connectivity index (χ4n) is 3.02. The Morgan fingerprint density at radius 3 is 2.77 bits per heavy atom. The van der Waals surface area contributed by atoms with Crippen molar-refractivity contribution >= 4 is 17.4 Å². The summed E-state index contributed by atoms with van der Waals surface area (Å²) in [7, 11) is 1.95. The third-order valence-corrected chi connectivity index (χ3v) is 4.68. The second-order valence-electron chi connectivity index (χ2n) is 6.63. The van der Waals surface area contributed by atoms with E-state index in [-0.39, 0.29) is 11.9 Å². The van der Waals surface area contributed by atoms with Crippen molar-refractivity contribution in [3.05, 3.63) is 41.7 Å². The van der Waals surface area contributed by atoms with Crippen molar-refractivity contribution in [2.24, 2.45) is 0 Å². The molecule has 26 heavy (non-hydrogen) atoms. The van der Waals surface area contributed by atoms with Gasteiger partial charge in [-0.05, 0) is 32.5 Å². The summed E-state index contributed by atoms with van der Waals surface area (Å²) in [6.45, 7) is 7.64. The van der Waals surface area contributed by atoms with Crippen LogP contribution < -0.4 is 10.2 Å². The molecule has 1 unspecified atom stereocenters. The molecule has 1 N–H and O–H groups in total. The average Bonchev–Trinajstić information content (AvgIpc) is 3.07. The van der Waals surface area contributed by atoms with E-state index in [0.717, 1.165) is 26.3 Å². The second kappa shape index (κ2) is 8.33. The van der Waals surface area contributed by atoms with Gasteiger partial charge in [-0.25, -0.2) is 0 Å². The maximum atomic E-state index is 12.5. The Bertz CT molecular complexity index is 740. The van der Waals surface area contributed by atoms with E-state index in [0.29, 0.717) is 18.1 Å². The Labute approximate surface area is 153 Å². The van der Waals surface area contributed by atoms with Crippen LogP contribution in [0.3, 0.4) is 0 Å². The van der Waals surface area contributed by atoms with Crippen molar-refractivity contribution in [3.8, 4) is 0 Å². The molecule has 0 aliphatic carbocycles. The number of amides is 1. The van der Waals surface area contributed by atoms with Gasteiger partial charge in [-0.1, -0.05) is 23.4 Å². The highest BCUT2D eigenvalue weighted by atomic mass is 16.5. The summed E-state index contributed by atoms with van der Waals surface area (Å²) in [6.07, 6.45) is 0. The molecule has 7 heteroatoms. The van der Waals surface area contributed by atoms with Crippen LogP contribution in [-0.2, 0) is 16.1 Å². The molecule has 0 bridgehead atoms. The minimum absolute atomic E-state index is 0.107. The Kier molecular flexibility index (Phi) is 5.90. The lowest BCUT2D eigenvalue weighted by Gasteiger charge is -2.32. The lowest BCUT2D eigenvalue weighted by atomic mass is 10.1. The van der Waals surface area contributed by atoms with Crippen molar-refractivity contribution in [3.63, 3.8) is 0 Å². The highest BCUT2D eigenvalue weighted by Crippen LogP contribution is 2.23.